The largest absolute Gasteiger partial charge is 0.448 e. The average molecular weight is 211 g/mol. The van der Waals surface area contributed by atoms with Crippen molar-refractivity contribution in [3.05, 3.63) is 0 Å². The highest BCUT2D eigenvalue weighted by Crippen LogP contribution is 2.03. The second kappa shape index (κ2) is 5.20. The van der Waals surface area contributed by atoms with Gasteiger partial charge in [-0.1, -0.05) is 0 Å². The minimum Gasteiger partial charge on any atom is -0.448 e. The molecule has 82 valence electrons. The third-order valence-corrected chi connectivity index (χ3v) is 2.16. The Morgan fingerprint density at radius 3 is 3.00 bits per heavy atom. The Hall–Kier alpha value is -1.77. The fourth-order valence-corrected chi connectivity index (χ4v) is 1.20. The third kappa shape index (κ3) is 3.13. The van der Waals surface area contributed by atoms with Crippen molar-refractivity contribution in [1.29, 1.82) is 5.26 Å². The quantitative estimate of drug-likeness (QED) is 0.646. The Kier molecular flexibility index (Phi) is 3.92. The van der Waals surface area contributed by atoms with E-state index >= 15 is 0 Å². The molecule has 1 aliphatic heterocycles. The van der Waals surface area contributed by atoms with E-state index in [1.165, 1.54) is 9.80 Å². The Labute approximate surface area is 88.0 Å². The van der Waals surface area contributed by atoms with Crippen LogP contribution in [-0.2, 0) is 9.53 Å². The Bertz CT molecular complexity index is 297. The van der Waals surface area contributed by atoms with Crippen molar-refractivity contribution >= 4 is 12.0 Å². The normalized spacial score (nSPS) is 14.7. The summed E-state index contributed by atoms with van der Waals surface area (Å²) in [6.45, 7) is 1.21. The van der Waals surface area contributed by atoms with Crippen LogP contribution in [0.3, 0.4) is 0 Å². The molecule has 0 aromatic carbocycles. The van der Waals surface area contributed by atoms with Gasteiger partial charge in [0, 0.05) is 13.6 Å². The zero-order valence-corrected chi connectivity index (χ0v) is 8.60. The van der Waals surface area contributed by atoms with E-state index in [2.05, 4.69) is 0 Å². The van der Waals surface area contributed by atoms with E-state index in [1.807, 2.05) is 6.07 Å². The lowest BCUT2D eigenvalue weighted by Crippen LogP contribution is -2.39. The van der Waals surface area contributed by atoms with Crippen molar-refractivity contribution in [2.24, 2.45) is 0 Å². The highest BCUT2D eigenvalue weighted by Gasteiger charge is 2.25. The fourth-order valence-electron chi connectivity index (χ4n) is 1.20. The number of carbonyl (C=O) groups is 2. The van der Waals surface area contributed by atoms with Crippen LogP contribution in [0.2, 0.25) is 0 Å². The zero-order valence-electron chi connectivity index (χ0n) is 8.60. The summed E-state index contributed by atoms with van der Waals surface area (Å²) in [5.74, 6) is -0.177. The predicted molar refractivity (Wildman–Crippen MR) is 50.8 cm³/mol. The number of nitrogens with zero attached hydrogens (tertiary/aromatic N) is 3. The average Bonchev–Trinajstić information content (AvgIpc) is 2.61. The minimum atomic E-state index is -0.447. The molecule has 6 nitrogen and oxygen atoms in total. The monoisotopic (exact) mass is 211 g/mol. The van der Waals surface area contributed by atoms with E-state index in [4.69, 9.17) is 10.00 Å². The van der Waals surface area contributed by atoms with Gasteiger partial charge in [0.1, 0.15) is 13.2 Å². The van der Waals surface area contributed by atoms with Crippen LogP contribution in [0.5, 0.6) is 0 Å². The molecule has 2 amide bonds. The lowest BCUT2D eigenvalue weighted by Gasteiger charge is -2.18. The van der Waals surface area contributed by atoms with E-state index in [1.54, 1.807) is 7.05 Å². The number of cyclic esters (lactones) is 1. The Balaban J connectivity index is 2.34. The van der Waals surface area contributed by atoms with Crippen LogP contribution in [0, 0.1) is 11.3 Å². The molecule has 0 aromatic heterocycles. The first-order chi connectivity index (χ1) is 7.15. The first-order valence-corrected chi connectivity index (χ1v) is 4.67. The zero-order chi connectivity index (χ0) is 11.3. The molecule has 1 saturated heterocycles. The van der Waals surface area contributed by atoms with Gasteiger partial charge in [-0.05, 0) is 0 Å². The Morgan fingerprint density at radius 2 is 2.47 bits per heavy atom. The topological polar surface area (TPSA) is 73.6 Å². The molecular weight excluding hydrogens is 198 g/mol. The highest BCUT2D eigenvalue weighted by molar-refractivity contribution is 5.82. The van der Waals surface area contributed by atoms with Crippen LogP contribution >= 0.6 is 0 Å². The summed E-state index contributed by atoms with van der Waals surface area (Å²) < 4.78 is 4.69. The van der Waals surface area contributed by atoms with Crippen molar-refractivity contribution in [1.82, 2.24) is 9.80 Å². The van der Waals surface area contributed by atoms with Crippen LogP contribution in [0.25, 0.3) is 0 Å². The van der Waals surface area contributed by atoms with Crippen LogP contribution in [-0.4, -0.2) is 55.1 Å². The number of hydrogen-bond acceptors (Lipinski definition) is 4. The van der Waals surface area contributed by atoms with Gasteiger partial charge in [0.25, 0.3) is 0 Å². The van der Waals surface area contributed by atoms with Gasteiger partial charge in [-0.2, -0.15) is 5.26 Å². The molecule has 0 aromatic rings. The number of carbonyl (C=O) groups excluding carboxylic acids is 2. The van der Waals surface area contributed by atoms with Crippen molar-refractivity contribution in [3.63, 3.8) is 0 Å². The lowest BCUT2D eigenvalue weighted by molar-refractivity contribution is -0.130. The van der Waals surface area contributed by atoms with Crippen molar-refractivity contribution < 1.29 is 14.3 Å². The van der Waals surface area contributed by atoms with Gasteiger partial charge in [-0.15, -0.1) is 0 Å². The fraction of sp³-hybridized carbons (Fsp3) is 0.667. The first-order valence-electron chi connectivity index (χ1n) is 4.67. The summed E-state index contributed by atoms with van der Waals surface area (Å²) in [7, 11) is 1.61. The van der Waals surface area contributed by atoms with Crippen LogP contribution in [0.1, 0.15) is 6.42 Å². The molecule has 1 heterocycles. The predicted octanol–water partition coefficient (Wildman–Crippen LogP) is -0.189. The van der Waals surface area contributed by atoms with E-state index < -0.39 is 6.09 Å². The molecule has 0 aliphatic carbocycles. The van der Waals surface area contributed by atoms with E-state index in [9.17, 15) is 9.59 Å². The van der Waals surface area contributed by atoms with Gasteiger partial charge in [0.15, 0.2) is 0 Å². The molecule has 1 rings (SSSR count). The summed E-state index contributed by atoms with van der Waals surface area (Å²) >= 11 is 0. The highest BCUT2D eigenvalue weighted by atomic mass is 16.6. The van der Waals surface area contributed by atoms with Crippen LogP contribution in [0.4, 0.5) is 4.79 Å². The number of hydrogen-bond donors (Lipinski definition) is 0. The first kappa shape index (κ1) is 11.3. The lowest BCUT2D eigenvalue weighted by atomic mass is 10.4. The van der Waals surface area contributed by atoms with Gasteiger partial charge in [-0.25, -0.2) is 4.79 Å². The molecule has 0 atom stereocenters. The smallest absolute Gasteiger partial charge is 0.410 e. The Morgan fingerprint density at radius 1 is 1.73 bits per heavy atom. The molecule has 6 heteroatoms. The maximum absolute atomic E-state index is 11.5. The van der Waals surface area contributed by atoms with E-state index in [0.717, 1.165) is 0 Å². The van der Waals surface area contributed by atoms with Gasteiger partial charge in [-0.3, -0.25) is 9.69 Å². The van der Waals surface area contributed by atoms with Gasteiger partial charge in [0.2, 0.25) is 5.91 Å². The maximum atomic E-state index is 11.5. The van der Waals surface area contributed by atoms with Crippen molar-refractivity contribution in [3.8, 4) is 6.07 Å². The van der Waals surface area contributed by atoms with Crippen LogP contribution in [0.15, 0.2) is 0 Å². The second-order valence-corrected chi connectivity index (χ2v) is 3.26. The minimum absolute atomic E-state index is 0.0285. The number of ether oxygens (including phenoxy) is 1. The molecule has 15 heavy (non-hydrogen) atoms. The summed E-state index contributed by atoms with van der Waals surface area (Å²) in [5, 5.41) is 8.35. The number of amides is 2. The van der Waals surface area contributed by atoms with E-state index in [-0.39, 0.29) is 12.5 Å². The molecule has 0 unspecified atom stereocenters. The SMILES string of the molecule is CN(CCC#N)C(=O)CN1CCOC1=O. The van der Waals surface area contributed by atoms with Crippen molar-refractivity contribution in [2.45, 2.75) is 6.42 Å². The van der Waals surface area contributed by atoms with E-state index in [0.29, 0.717) is 26.1 Å². The van der Waals surface area contributed by atoms with Gasteiger partial charge < -0.3 is 9.64 Å². The number of likely N-dealkylation sites (N-methyl/N-ethyl adjacent to an activating group) is 1. The molecule has 0 radical (unpaired) electrons. The molecule has 0 saturated carbocycles. The third-order valence-electron chi connectivity index (χ3n) is 2.16. The summed E-state index contributed by atoms with van der Waals surface area (Å²) in [6.07, 6.45) is -0.149. The summed E-state index contributed by atoms with van der Waals surface area (Å²) in [4.78, 5) is 25.3. The van der Waals surface area contributed by atoms with Crippen molar-refractivity contribution in [2.75, 3.05) is 33.3 Å². The molecule has 1 aliphatic rings. The molecule has 0 spiro atoms. The van der Waals surface area contributed by atoms with Gasteiger partial charge in [0.05, 0.1) is 19.0 Å². The molecule has 0 N–H and O–H groups in total. The summed E-state index contributed by atoms with van der Waals surface area (Å²) in [6, 6.07) is 1.96. The number of nitriles is 1. The van der Waals surface area contributed by atoms with Crippen LogP contribution < -0.4 is 0 Å². The molecule has 1 fully saturated rings. The molecule has 0 bridgehead atoms. The second-order valence-electron chi connectivity index (χ2n) is 3.26. The molecular formula is C9H13N3O3. The summed E-state index contributed by atoms with van der Waals surface area (Å²) in [5.41, 5.74) is 0. The standard InChI is InChI=1S/C9H13N3O3/c1-11(4-2-3-10)8(13)7-12-5-6-15-9(12)14/h2,4-7H2,1H3. The maximum Gasteiger partial charge on any atom is 0.410 e. The number of rotatable bonds is 4. The van der Waals surface area contributed by atoms with Gasteiger partial charge >= 0.3 is 6.09 Å².